The first-order chi connectivity index (χ1) is 13.5. The molecule has 0 saturated carbocycles. The molecular weight excluding hydrogens is 358 g/mol. The van der Waals surface area contributed by atoms with Crippen molar-refractivity contribution in [3.63, 3.8) is 0 Å². The lowest BCUT2D eigenvalue weighted by molar-refractivity contribution is -0.136. The van der Waals surface area contributed by atoms with Crippen molar-refractivity contribution in [2.45, 2.75) is 65.3 Å². The Hall–Kier alpha value is -2.70. The molecule has 1 saturated heterocycles. The number of piperidine rings is 1. The molecule has 7 nitrogen and oxygen atoms in total. The number of benzene rings is 1. The van der Waals surface area contributed by atoms with Crippen molar-refractivity contribution in [3.8, 4) is 0 Å². The summed E-state index contributed by atoms with van der Waals surface area (Å²) in [4.78, 5) is 50.0. The second-order valence-electron chi connectivity index (χ2n) is 6.66. The van der Waals surface area contributed by atoms with Crippen LogP contribution in [0.5, 0.6) is 0 Å². The smallest absolute Gasteiger partial charge is 0.264 e. The molecule has 4 amide bonds. The number of nitrogens with zero attached hydrogens (tertiary/aromatic N) is 1. The van der Waals surface area contributed by atoms with E-state index in [0.717, 1.165) is 37.1 Å². The molecule has 1 aromatic rings. The first-order valence-corrected chi connectivity index (χ1v) is 10.1. The predicted octanol–water partition coefficient (Wildman–Crippen LogP) is 3.11. The number of unbranched alkanes of at least 4 members (excludes halogenated alkanes) is 3. The maximum Gasteiger partial charge on any atom is 0.264 e. The number of rotatable bonds is 7. The summed E-state index contributed by atoms with van der Waals surface area (Å²) in [7, 11) is 0. The molecule has 1 atom stereocenters. The van der Waals surface area contributed by atoms with Crippen molar-refractivity contribution in [1.82, 2.24) is 10.2 Å². The van der Waals surface area contributed by atoms with E-state index in [1.165, 1.54) is 0 Å². The molecule has 0 aromatic heterocycles. The van der Waals surface area contributed by atoms with E-state index in [-0.39, 0.29) is 18.7 Å². The first-order valence-electron chi connectivity index (χ1n) is 10.1. The van der Waals surface area contributed by atoms with Gasteiger partial charge < -0.3 is 5.32 Å². The fraction of sp³-hybridized carbons (Fsp3) is 0.524. The van der Waals surface area contributed by atoms with Gasteiger partial charge in [-0.2, -0.15) is 0 Å². The van der Waals surface area contributed by atoms with Crippen LogP contribution in [0, 0.1) is 0 Å². The molecule has 1 unspecified atom stereocenters. The largest absolute Gasteiger partial charge is 0.384 e. The molecule has 2 heterocycles. The van der Waals surface area contributed by atoms with Crippen LogP contribution in [-0.2, 0) is 9.59 Å². The highest BCUT2D eigenvalue weighted by atomic mass is 16.2. The summed E-state index contributed by atoms with van der Waals surface area (Å²) in [6, 6.07) is 4.17. The number of nitrogens with one attached hydrogen (secondary N) is 2. The van der Waals surface area contributed by atoms with Gasteiger partial charge in [0, 0.05) is 18.7 Å². The van der Waals surface area contributed by atoms with Gasteiger partial charge in [-0.25, -0.2) is 0 Å². The summed E-state index contributed by atoms with van der Waals surface area (Å²) in [6.45, 7) is 6.86. The van der Waals surface area contributed by atoms with Crippen molar-refractivity contribution in [1.29, 1.82) is 0 Å². The predicted molar refractivity (Wildman–Crippen MR) is 107 cm³/mol. The highest BCUT2D eigenvalue weighted by Crippen LogP contribution is 2.32. The third kappa shape index (κ3) is 4.40. The summed E-state index contributed by atoms with van der Waals surface area (Å²) >= 11 is 0. The average molecular weight is 387 g/mol. The van der Waals surface area contributed by atoms with Crippen LogP contribution >= 0.6 is 0 Å². The lowest BCUT2D eigenvalue weighted by Crippen LogP contribution is -2.54. The van der Waals surface area contributed by atoms with Gasteiger partial charge in [-0.05, 0) is 25.0 Å². The zero-order chi connectivity index (χ0) is 20.7. The van der Waals surface area contributed by atoms with E-state index >= 15 is 0 Å². The van der Waals surface area contributed by atoms with Crippen LogP contribution in [0.3, 0.4) is 0 Å². The molecule has 1 aromatic carbocycles. The lowest BCUT2D eigenvalue weighted by atomic mass is 10.0. The Morgan fingerprint density at radius 1 is 1.07 bits per heavy atom. The summed E-state index contributed by atoms with van der Waals surface area (Å²) in [5, 5.41) is 5.45. The van der Waals surface area contributed by atoms with Crippen molar-refractivity contribution in [2.75, 3.05) is 11.9 Å². The SMILES string of the molecule is CC.CCCCCCNc1cccc2c1C(=O)N(C1CCC(=O)NC1=O)C2=O. The second-order valence-corrected chi connectivity index (χ2v) is 6.66. The Morgan fingerprint density at radius 2 is 1.82 bits per heavy atom. The molecule has 28 heavy (non-hydrogen) atoms. The molecule has 2 N–H and O–H groups in total. The van der Waals surface area contributed by atoms with E-state index in [2.05, 4.69) is 17.6 Å². The molecule has 7 heteroatoms. The molecule has 2 aliphatic rings. The van der Waals surface area contributed by atoms with E-state index in [1.807, 2.05) is 13.8 Å². The highest BCUT2D eigenvalue weighted by Gasteiger charge is 2.45. The molecule has 3 rings (SSSR count). The maximum atomic E-state index is 12.9. The summed E-state index contributed by atoms with van der Waals surface area (Å²) in [5.74, 6) is -1.92. The topological polar surface area (TPSA) is 95.6 Å². The van der Waals surface area contributed by atoms with E-state index in [0.29, 0.717) is 16.8 Å². The van der Waals surface area contributed by atoms with Crippen molar-refractivity contribution >= 4 is 29.3 Å². The Labute approximate surface area is 165 Å². The number of imide groups is 2. The van der Waals surface area contributed by atoms with Crippen molar-refractivity contribution in [2.24, 2.45) is 0 Å². The molecule has 2 aliphatic heterocycles. The number of carbonyl (C=O) groups is 4. The standard InChI is InChI=1S/C19H23N3O4.C2H6/c1-2-3-4-5-11-20-13-8-6-7-12-16(13)19(26)22(18(12)25)14-9-10-15(23)21-17(14)24;1-2/h6-8,14,20H,2-5,9-11H2,1H3,(H,21,23,24);1-2H3. The quantitative estimate of drug-likeness (QED) is 0.554. The molecule has 0 spiro atoms. The fourth-order valence-corrected chi connectivity index (χ4v) is 3.44. The van der Waals surface area contributed by atoms with E-state index < -0.39 is 23.8 Å². The Bertz CT molecular complexity index is 760. The Kier molecular flexibility index (Phi) is 7.72. The zero-order valence-electron chi connectivity index (χ0n) is 16.8. The van der Waals surface area contributed by atoms with Crippen molar-refractivity contribution < 1.29 is 19.2 Å². The van der Waals surface area contributed by atoms with Crippen LogP contribution < -0.4 is 10.6 Å². The minimum Gasteiger partial charge on any atom is -0.384 e. The minimum atomic E-state index is -0.933. The lowest BCUT2D eigenvalue weighted by Gasteiger charge is -2.27. The Balaban J connectivity index is 0.00000136. The zero-order valence-corrected chi connectivity index (χ0v) is 16.8. The van der Waals surface area contributed by atoms with Crippen molar-refractivity contribution in [3.05, 3.63) is 29.3 Å². The van der Waals surface area contributed by atoms with Gasteiger partial charge in [-0.3, -0.25) is 29.4 Å². The fourth-order valence-electron chi connectivity index (χ4n) is 3.44. The van der Waals surface area contributed by atoms with Crippen LogP contribution in [0.4, 0.5) is 5.69 Å². The second kappa shape index (κ2) is 10.0. The number of hydrogen-bond donors (Lipinski definition) is 2. The van der Waals surface area contributed by atoms with Gasteiger partial charge in [0.25, 0.3) is 11.8 Å². The van der Waals surface area contributed by atoms with Gasteiger partial charge >= 0.3 is 0 Å². The monoisotopic (exact) mass is 387 g/mol. The number of anilines is 1. The van der Waals surface area contributed by atoms with E-state index in [9.17, 15) is 19.2 Å². The molecule has 1 fully saturated rings. The molecule has 0 bridgehead atoms. The Morgan fingerprint density at radius 3 is 2.50 bits per heavy atom. The molecule has 152 valence electrons. The number of hydrogen-bond acceptors (Lipinski definition) is 5. The highest BCUT2D eigenvalue weighted by molar-refractivity contribution is 6.25. The molecule has 0 radical (unpaired) electrons. The van der Waals surface area contributed by atoms with E-state index in [4.69, 9.17) is 0 Å². The van der Waals surface area contributed by atoms with E-state index in [1.54, 1.807) is 18.2 Å². The van der Waals surface area contributed by atoms with Gasteiger partial charge in [0.05, 0.1) is 11.1 Å². The minimum absolute atomic E-state index is 0.117. The summed E-state index contributed by atoms with van der Waals surface area (Å²) < 4.78 is 0. The summed E-state index contributed by atoms with van der Waals surface area (Å²) in [6.07, 6.45) is 4.68. The van der Waals surface area contributed by atoms with Crippen LogP contribution in [0.25, 0.3) is 0 Å². The first kappa shape index (κ1) is 21.6. The van der Waals surface area contributed by atoms with Gasteiger partial charge in [0.1, 0.15) is 6.04 Å². The average Bonchev–Trinajstić information content (AvgIpc) is 2.95. The number of carbonyl (C=O) groups excluding carboxylic acids is 4. The van der Waals surface area contributed by atoms with Gasteiger partial charge in [0.15, 0.2) is 0 Å². The molecular formula is C21H29N3O4. The third-order valence-corrected chi connectivity index (χ3v) is 4.81. The molecule has 0 aliphatic carbocycles. The summed E-state index contributed by atoms with van der Waals surface area (Å²) in [5.41, 5.74) is 1.24. The normalized spacial score (nSPS) is 18.4. The van der Waals surface area contributed by atoms with Crippen LogP contribution in [0.2, 0.25) is 0 Å². The third-order valence-electron chi connectivity index (χ3n) is 4.81. The van der Waals surface area contributed by atoms with Crippen LogP contribution in [0.15, 0.2) is 18.2 Å². The van der Waals surface area contributed by atoms with Gasteiger partial charge in [0.2, 0.25) is 11.8 Å². The van der Waals surface area contributed by atoms with Crippen LogP contribution in [0.1, 0.15) is 80.0 Å². The van der Waals surface area contributed by atoms with Gasteiger partial charge in [-0.1, -0.05) is 46.1 Å². The number of fused-ring (bicyclic) bond motifs is 1. The number of amides is 4. The van der Waals surface area contributed by atoms with Crippen LogP contribution in [-0.4, -0.2) is 41.1 Å². The maximum absolute atomic E-state index is 12.9. The van der Waals surface area contributed by atoms with Gasteiger partial charge in [-0.15, -0.1) is 0 Å².